The average Bonchev–Trinajstić information content (AvgIpc) is 3.74. The Balaban J connectivity index is 5.11. The molecule has 0 aromatic heterocycles. The molecule has 0 aliphatic carbocycles. The van der Waals surface area contributed by atoms with E-state index >= 15 is 0 Å². The molecule has 0 bridgehead atoms. The first-order chi connectivity index (χ1) is 44.4. The molecule has 0 saturated heterocycles. The largest absolute Gasteiger partial charge is 0.472 e. The lowest BCUT2D eigenvalue weighted by molar-refractivity contribution is -0.161. The normalized spacial score (nSPS) is 14.7. The van der Waals surface area contributed by atoms with E-state index < -0.39 is 97.5 Å². The van der Waals surface area contributed by atoms with Crippen molar-refractivity contribution in [2.24, 2.45) is 11.8 Å². The van der Waals surface area contributed by atoms with Gasteiger partial charge in [-0.15, -0.1) is 0 Å². The Bertz CT molecular complexity index is 1790. The summed E-state index contributed by atoms with van der Waals surface area (Å²) in [5, 5.41) is 10.6. The molecule has 4 unspecified atom stereocenters. The lowest BCUT2D eigenvalue weighted by atomic mass is 9.99. The van der Waals surface area contributed by atoms with Gasteiger partial charge in [0.25, 0.3) is 0 Å². The van der Waals surface area contributed by atoms with E-state index in [2.05, 4.69) is 41.5 Å². The quantitative estimate of drug-likeness (QED) is 0.0222. The number of aliphatic hydroxyl groups excluding tert-OH is 1. The van der Waals surface area contributed by atoms with E-state index in [1.807, 2.05) is 0 Å². The monoisotopic (exact) mass is 1350 g/mol. The number of unbranched alkanes of at least 4 members (excludes halogenated alkanes) is 40. The van der Waals surface area contributed by atoms with Gasteiger partial charge in [-0.05, 0) is 37.5 Å². The van der Waals surface area contributed by atoms with Gasteiger partial charge in [-0.3, -0.25) is 37.3 Å². The van der Waals surface area contributed by atoms with Crippen LogP contribution >= 0.6 is 15.6 Å². The van der Waals surface area contributed by atoms with Crippen molar-refractivity contribution in [3.8, 4) is 0 Å². The molecular formula is C73H142O17P2. The summed E-state index contributed by atoms with van der Waals surface area (Å²) in [6, 6.07) is 0. The van der Waals surface area contributed by atoms with Gasteiger partial charge < -0.3 is 33.8 Å². The minimum absolute atomic E-state index is 0.104. The summed E-state index contributed by atoms with van der Waals surface area (Å²) >= 11 is 0. The van der Waals surface area contributed by atoms with Crippen molar-refractivity contribution in [3.63, 3.8) is 0 Å². The maximum atomic E-state index is 13.1. The molecule has 0 saturated carbocycles. The van der Waals surface area contributed by atoms with Gasteiger partial charge in [-0.2, -0.15) is 0 Å². The smallest absolute Gasteiger partial charge is 0.462 e. The fourth-order valence-corrected chi connectivity index (χ4v) is 12.6. The topological polar surface area (TPSA) is 237 Å². The molecule has 0 amide bonds. The highest BCUT2D eigenvalue weighted by Gasteiger charge is 2.30. The van der Waals surface area contributed by atoms with Crippen LogP contribution in [-0.4, -0.2) is 96.7 Å². The fraction of sp³-hybridized carbons (Fsp3) is 0.945. The zero-order valence-electron chi connectivity index (χ0n) is 59.9. The SMILES string of the molecule is CCCCCCCCCCCCCCCC(=O)OC[C@H](COP(=O)(O)OC[C@@H](O)COP(=O)(O)OC[C@@H](COC(=O)CCCCCCC)OC(=O)CCCCCCCCCCC(C)CC)OC(=O)CCCCCCCCCCCCCCCCCCCCC(C)CC. The summed E-state index contributed by atoms with van der Waals surface area (Å²) in [5.74, 6) is -0.491. The number of aliphatic hydroxyl groups is 1. The molecule has 19 heteroatoms. The third-order valence-electron chi connectivity index (χ3n) is 17.7. The van der Waals surface area contributed by atoms with Crippen molar-refractivity contribution in [2.75, 3.05) is 39.6 Å². The second-order valence-corrected chi connectivity index (χ2v) is 29.7. The molecule has 0 aliphatic heterocycles. The van der Waals surface area contributed by atoms with Crippen LogP contribution in [0.3, 0.4) is 0 Å². The maximum Gasteiger partial charge on any atom is 0.472 e. The molecule has 0 aromatic rings. The second-order valence-electron chi connectivity index (χ2n) is 26.8. The number of ether oxygens (including phenoxy) is 4. The van der Waals surface area contributed by atoms with E-state index in [0.29, 0.717) is 25.7 Å². The van der Waals surface area contributed by atoms with Gasteiger partial charge in [0.15, 0.2) is 12.2 Å². The summed E-state index contributed by atoms with van der Waals surface area (Å²) in [6.07, 6.45) is 51.7. The van der Waals surface area contributed by atoms with Crippen LogP contribution in [-0.2, 0) is 65.4 Å². The number of hydrogen-bond donors (Lipinski definition) is 3. The first-order valence-corrected chi connectivity index (χ1v) is 41.1. The van der Waals surface area contributed by atoms with Crippen LogP contribution in [0.5, 0.6) is 0 Å². The zero-order valence-corrected chi connectivity index (χ0v) is 61.6. The first kappa shape index (κ1) is 90.1. The van der Waals surface area contributed by atoms with Crippen LogP contribution in [0, 0.1) is 11.8 Å². The van der Waals surface area contributed by atoms with Gasteiger partial charge >= 0.3 is 39.5 Å². The van der Waals surface area contributed by atoms with Gasteiger partial charge in [0, 0.05) is 25.7 Å². The predicted molar refractivity (Wildman–Crippen MR) is 372 cm³/mol. The number of phosphoric acid groups is 2. The molecule has 0 aromatic carbocycles. The third-order valence-corrected chi connectivity index (χ3v) is 19.6. The lowest BCUT2D eigenvalue weighted by Gasteiger charge is -2.21. The van der Waals surface area contributed by atoms with E-state index in [4.69, 9.17) is 37.0 Å². The average molecular weight is 1350 g/mol. The van der Waals surface area contributed by atoms with Crippen molar-refractivity contribution >= 4 is 39.5 Å². The number of carbonyl (C=O) groups excluding carboxylic acids is 4. The molecule has 3 N–H and O–H groups in total. The first-order valence-electron chi connectivity index (χ1n) is 38.1. The Morgan fingerprint density at radius 2 is 0.522 bits per heavy atom. The Labute approximate surface area is 562 Å². The second kappa shape index (κ2) is 65.0. The van der Waals surface area contributed by atoms with Crippen LogP contribution in [0.1, 0.15) is 375 Å². The van der Waals surface area contributed by atoms with Crippen molar-refractivity contribution in [3.05, 3.63) is 0 Å². The maximum absolute atomic E-state index is 13.1. The van der Waals surface area contributed by atoms with E-state index in [-0.39, 0.29) is 25.7 Å². The number of phosphoric ester groups is 2. The Hall–Kier alpha value is -1.94. The molecule has 0 radical (unpaired) electrons. The van der Waals surface area contributed by atoms with Gasteiger partial charge in [0.1, 0.15) is 19.3 Å². The van der Waals surface area contributed by atoms with Gasteiger partial charge in [0.2, 0.25) is 0 Å². The summed E-state index contributed by atoms with van der Waals surface area (Å²) < 4.78 is 68.2. The third kappa shape index (κ3) is 64.1. The molecular weight excluding hydrogens is 1210 g/mol. The fourth-order valence-electron chi connectivity index (χ4n) is 11.1. The molecule has 7 atom stereocenters. The molecule has 17 nitrogen and oxygen atoms in total. The highest BCUT2D eigenvalue weighted by atomic mass is 31.2. The van der Waals surface area contributed by atoms with Gasteiger partial charge in [-0.1, -0.05) is 324 Å². The predicted octanol–water partition coefficient (Wildman–Crippen LogP) is 21.2. The van der Waals surface area contributed by atoms with Gasteiger partial charge in [0.05, 0.1) is 26.4 Å². The standard InChI is InChI=1S/C73H142O17P2/c1-7-11-13-15-16-17-18-25-29-32-38-44-50-56-71(76)84-62-69(90-72(77)57-51-45-39-33-30-27-24-22-20-19-21-23-26-28-31-36-42-47-53-65(5)9-3)64-88-92(81,82)86-60-67(74)59-85-91(79,80)87-63-68(61-83-70(75)55-49-41-14-12-8-2)89-73(78)58-52-46-40-35-34-37-43-48-54-66(6)10-4/h65-69,74H,7-64H2,1-6H3,(H,79,80)(H,81,82)/t65?,66?,67-,68+,69+/m0/s1. The minimum Gasteiger partial charge on any atom is -0.462 e. The van der Waals surface area contributed by atoms with Crippen molar-refractivity contribution in [2.45, 2.75) is 394 Å². The van der Waals surface area contributed by atoms with E-state index in [0.717, 1.165) is 108 Å². The zero-order chi connectivity index (χ0) is 67.9. The number of hydrogen-bond acceptors (Lipinski definition) is 15. The van der Waals surface area contributed by atoms with Crippen LogP contribution < -0.4 is 0 Å². The van der Waals surface area contributed by atoms with Crippen molar-refractivity contribution in [1.82, 2.24) is 0 Å². The lowest BCUT2D eigenvalue weighted by Crippen LogP contribution is -2.30. The number of rotatable bonds is 72. The van der Waals surface area contributed by atoms with Crippen LogP contribution in [0.2, 0.25) is 0 Å². The van der Waals surface area contributed by atoms with Crippen LogP contribution in [0.25, 0.3) is 0 Å². The molecule has 92 heavy (non-hydrogen) atoms. The van der Waals surface area contributed by atoms with Crippen molar-refractivity contribution in [1.29, 1.82) is 0 Å². The molecule has 0 heterocycles. The van der Waals surface area contributed by atoms with Crippen molar-refractivity contribution < 1.29 is 80.2 Å². The van der Waals surface area contributed by atoms with E-state index in [1.54, 1.807) is 0 Å². The van der Waals surface area contributed by atoms with Crippen LogP contribution in [0.4, 0.5) is 0 Å². The van der Waals surface area contributed by atoms with E-state index in [1.165, 1.54) is 186 Å². The highest BCUT2D eigenvalue weighted by Crippen LogP contribution is 2.45. The number of carbonyl (C=O) groups is 4. The molecule has 0 fully saturated rings. The summed E-state index contributed by atoms with van der Waals surface area (Å²) in [4.78, 5) is 72.4. The minimum atomic E-state index is -4.95. The number of esters is 4. The summed E-state index contributed by atoms with van der Waals surface area (Å²) in [5.41, 5.74) is 0. The summed E-state index contributed by atoms with van der Waals surface area (Å²) in [6.45, 7) is 9.54. The van der Waals surface area contributed by atoms with E-state index in [9.17, 15) is 43.2 Å². The summed E-state index contributed by atoms with van der Waals surface area (Å²) in [7, 11) is -9.89. The molecule has 0 rings (SSSR count). The highest BCUT2D eigenvalue weighted by molar-refractivity contribution is 7.47. The Morgan fingerprint density at radius 3 is 0.772 bits per heavy atom. The van der Waals surface area contributed by atoms with Gasteiger partial charge in [-0.25, -0.2) is 9.13 Å². The Kier molecular flexibility index (Phi) is 63.7. The molecule has 546 valence electrons. The molecule has 0 aliphatic rings. The molecule has 0 spiro atoms. The Morgan fingerprint density at radius 1 is 0.304 bits per heavy atom. The van der Waals surface area contributed by atoms with Crippen LogP contribution in [0.15, 0.2) is 0 Å².